The first kappa shape index (κ1) is 17.1. The van der Waals surface area contributed by atoms with Crippen molar-refractivity contribution in [1.82, 2.24) is 0 Å². The van der Waals surface area contributed by atoms with Crippen LogP contribution in [0.5, 0.6) is 0 Å². The Hall–Kier alpha value is -0.940. The summed E-state index contributed by atoms with van der Waals surface area (Å²) >= 11 is 0. The van der Waals surface area contributed by atoms with Gasteiger partial charge in [-0.1, -0.05) is 23.8 Å². The molecule has 0 aliphatic carbocycles. The highest BCUT2D eigenvalue weighted by atomic mass is 16.5. The number of aryl methyl sites for hydroxylation is 2. The van der Waals surface area contributed by atoms with E-state index in [1.54, 1.807) is 7.11 Å². The van der Waals surface area contributed by atoms with Crippen molar-refractivity contribution in [3.8, 4) is 0 Å². The van der Waals surface area contributed by atoms with Gasteiger partial charge >= 0.3 is 0 Å². The van der Waals surface area contributed by atoms with Crippen molar-refractivity contribution >= 4 is 0 Å². The Balaban J connectivity index is 2.15. The lowest BCUT2D eigenvalue weighted by molar-refractivity contribution is 0.000335. The minimum absolute atomic E-state index is 0.297. The first-order valence-corrected chi connectivity index (χ1v) is 7.04. The van der Waals surface area contributed by atoms with Gasteiger partial charge in [-0.05, 0) is 31.4 Å². The molecule has 0 spiro atoms. The smallest absolute Gasteiger partial charge is 0.103 e. The van der Waals surface area contributed by atoms with Crippen LogP contribution >= 0.6 is 0 Å². The number of rotatable bonds is 10. The second-order valence-corrected chi connectivity index (χ2v) is 4.91. The molecule has 0 radical (unpaired) electrons. The maximum Gasteiger partial charge on any atom is 0.103 e. The molecule has 1 unspecified atom stereocenters. The van der Waals surface area contributed by atoms with Crippen LogP contribution in [0.15, 0.2) is 18.2 Å². The van der Waals surface area contributed by atoms with Gasteiger partial charge in [0.25, 0.3) is 0 Å². The Morgan fingerprint density at radius 3 is 2.50 bits per heavy atom. The van der Waals surface area contributed by atoms with Crippen molar-refractivity contribution in [1.29, 1.82) is 0 Å². The molecule has 1 aromatic rings. The second-order valence-electron chi connectivity index (χ2n) is 4.91. The van der Waals surface area contributed by atoms with E-state index in [1.165, 1.54) is 5.56 Å². The van der Waals surface area contributed by atoms with Crippen LogP contribution in [0.25, 0.3) is 0 Å². The van der Waals surface area contributed by atoms with Crippen LogP contribution in [-0.2, 0) is 14.2 Å². The molecule has 0 aliphatic rings. The predicted molar refractivity (Wildman–Crippen MR) is 79.0 cm³/mol. The lowest BCUT2D eigenvalue weighted by Crippen LogP contribution is -2.12. The molecule has 4 nitrogen and oxygen atoms in total. The normalized spacial score (nSPS) is 12.6. The molecule has 0 fully saturated rings. The average molecular weight is 282 g/mol. The summed E-state index contributed by atoms with van der Waals surface area (Å²) in [6, 6.07) is 6.03. The van der Waals surface area contributed by atoms with Gasteiger partial charge in [-0.2, -0.15) is 0 Å². The molecule has 0 aromatic heterocycles. The molecule has 0 amide bonds. The third-order valence-electron chi connectivity index (χ3n) is 3.07. The van der Waals surface area contributed by atoms with Crippen LogP contribution in [0.1, 0.15) is 29.2 Å². The Labute approximate surface area is 121 Å². The molecule has 20 heavy (non-hydrogen) atoms. The standard InChI is InChI=1S/C16H26O4/c1-13-5-6-15(14(2)11-13)16(17)12-20-10-9-19-8-4-7-18-3/h5-6,11,16-17H,4,7-10,12H2,1-3H3. The molecular formula is C16H26O4. The summed E-state index contributed by atoms with van der Waals surface area (Å²) in [6.07, 6.45) is 0.311. The molecule has 0 saturated carbocycles. The summed E-state index contributed by atoms with van der Waals surface area (Å²) in [5, 5.41) is 10.1. The fourth-order valence-electron chi connectivity index (χ4n) is 2.01. The Morgan fingerprint density at radius 1 is 1.05 bits per heavy atom. The first-order chi connectivity index (χ1) is 9.65. The zero-order valence-corrected chi connectivity index (χ0v) is 12.7. The van der Waals surface area contributed by atoms with Crippen LogP contribution < -0.4 is 0 Å². The van der Waals surface area contributed by atoms with Gasteiger partial charge in [0.05, 0.1) is 19.8 Å². The van der Waals surface area contributed by atoms with E-state index >= 15 is 0 Å². The van der Waals surface area contributed by atoms with Crippen molar-refractivity contribution in [2.24, 2.45) is 0 Å². The van der Waals surface area contributed by atoms with E-state index in [1.807, 2.05) is 26.0 Å². The van der Waals surface area contributed by atoms with E-state index in [-0.39, 0.29) is 0 Å². The number of ether oxygens (including phenoxy) is 3. The lowest BCUT2D eigenvalue weighted by Gasteiger charge is -2.14. The van der Waals surface area contributed by atoms with Crippen molar-refractivity contribution < 1.29 is 19.3 Å². The van der Waals surface area contributed by atoms with Gasteiger partial charge < -0.3 is 19.3 Å². The van der Waals surface area contributed by atoms with E-state index in [4.69, 9.17) is 14.2 Å². The first-order valence-electron chi connectivity index (χ1n) is 7.04. The highest BCUT2D eigenvalue weighted by Crippen LogP contribution is 2.19. The Morgan fingerprint density at radius 2 is 1.80 bits per heavy atom. The number of methoxy groups -OCH3 is 1. The molecule has 114 valence electrons. The molecule has 0 heterocycles. The quantitative estimate of drug-likeness (QED) is 0.669. The number of hydrogen-bond donors (Lipinski definition) is 1. The minimum atomic E-state index is -0.580. The van der Waals surface area contributed by atoms with Crippen molar-refractivity contribution in [3.63, 3.8) is 0 Å². The largest absolute Gasteiger partial charge is 0.386 e. The fraction of sp³-hybridized carbons (Fsp3) is 0.625. The van der Waals surface area contributed by atoms with Gasteiger partial charge in [-0.15, -0.1) is 0 Å². The molecule has 1 rings (SSSR count). The highest BCUT2D eigenvalue weighted by molar-refractivity contribution is 5.31. The summed E-state index contributed by atoms with van der Waals surface area (Å²) in [7, 11) is 1.68. The Kier molecular flexibility index (Phi) is 8.46. The fourth-order valence-corrected chi connectivity index (χ4v) is 2.01. The number of aliphatic hydroxyl groups excluding tert-OH is 1. The summed E-state index contributed by atoms with van der Waals surface area (Å²) in [5.41, 5.74) is 3.22. The van der Waals surface area contributed by atoms with E-state index < -0.39 is 6.10 Å². The average Bonchev–Trinajstić information content (AvgIpc) is 2.41. The zero-order chi connectivity index (χ0) is 14.8. The maximum atomic E-state index is 10.1. The van der Waals surface area contributed by atoms with Gasteiger partial charge in [-0.3, -0.25) is 0 Å². The summed E-state index contributed by atoms with van der Waals surface area (Å²) in [6.45, 7) is 6.78. The van der Waals surface area contributed by atoms with Crippen molar-refractivity contribution in [2.45, 2.75) is 26.4 Å². The number of hydrogen-bond acceptors (Lipinski definition) is 4. The van der Waals surface area contributed by atoms with E-state index in [2.05, 4.69) is 6.07 Å². The Bertz CT molecular complexity index is 379. The predicted octanol–water partition coefficient (Wildman–Crippen LogP) is 2.41. The van der Waals surface area contributed by atoms with E-state index in [0.29, 0.717) is 33.0 Å². The minimum Gasteiger partial charge on any atom is -0.386 e. The highest BCUT2D eigenvalue weighted by Gasteiger charge is 2.10. The molecule has 0 bridgehead atoms. The third kappa shape index (κ3) is 6.48. The molecule has 0 aliphatic heterocycles. The number of aliphatic hydroxyl groups is 1. The summed E-state index contributed by atoms with van der Waals surface area (Å²) in [4.78, 5) is 0. The lowest BCUT2D eigenvalue weighted by atomic mass is 10.0. The maximum absolute atomic E-state index is 10.1. The van der Waals surface area contributed by atoms with Gasteiger partial charge in [0.1, 0.15) is 6.10 Å². The molecule has 1 aromatic carbocycles. The van der Waals surface area contributed by atoms with Gasteiger partial charge in [0, 0.05) is 20.3 Å². The van der Waals surface area contributed by atoms with Crippen LogP contribution in [0.2, 0.25) is 0 Å². The van der Waals surface area contributed by atoms with Gasteiger partial charge in [0.15, 0.2) is 0 Å². The summed E-state index contributed by atoms with van der Waals surface area (Å²) < 4.78 is 15.7. The molecule has 1 N–H and O–H groups in total. The molecular weight excluding hydrogens is 256 g/mol. The SMILES string of the molecule is COCCCOCCOCC(O)c1ccc(C)cc1C. The van der Waals surface area contributed by atoms with Crippen LogP contribution in [0.4, 0.5) is 0 Å². The van der Waals surface area contributed by atoms with Crippen LogP contribution in [-0.4, -0.2) is 45.3 Å². The molecule has 4 heteroatoms. The zero-order valence-electron chi connectivity index (χ0n) is 12.7. The van der Waals surface area contributed by atoms with Crippen molar-refractivity contribution in [2.75, 3.05) is 40.1 Å². The van der Waals surface area contributed by atoms with Gasteiger partial charge in [0.2, 0.25) is 0 Å². The third-order valence-corrected chi connectivity index (χ3v) is 3.07. The second kappa shape index (κ2) is 9.88. The number of benzene rings is 1. The molecule has 0 saturated heterocycles. The van der Waals surface area contributed by atoms with Crippen LogP contribution in [0, 0.1) is 13.8 Å². The van der Waals surface area contributed by atoms with Gasteiger partial charge in [-0.25, -0.2) is 0 Å². The topological polar surface area (TPSA) is 47.9 Å². The van der Waals surface area contributed by atoms with E-state index in [9.17, 15) is 5.11 Å². The summed E-state index contributed by atoms with van der Waals surface area (Å²) in [5.74, 6) is 0. The van der Waals surface area contributed by atoms with E-state index in [0.717, 1.165) is 17.5 Å². The van der Waals surface area contributed by atoms with Crippen molar-refractivity contribution in [3.05, 3.63) is 34.9 Å². The van der Waals surface area contributed by atoms with Crippen LogP contribution in [0.3, 0.4) is 0 Å². The monoisotopic (exact) mass is 282 g/mol. The molecule has 1 atom stereocenters.